The van der Waals surface area contributed by atoms with Gasteiger partial charge in [0.25, 0.3) is 0 Å². The number of amides is 1. The van der Waals surface area contributed by atoms with Crippen molar-refractivity contribution in [1.82, 2.24) is 19.7 Å². The summed E-state index contributed by atoms with van der Waals surface area (Å²) in [6.07, 6.45) is 5.45. The van der Waals surface area contributed by atoms with Crippen LogP contribution in [0.5, 0.6) is 0 Å². The molecular weight excluding hydrogens is 292 g/mol. The summed E-state index contributed by atoms with van der Waals surface area (Å²) in [5.41, 5.74) is 2.14. The van der Waals surface area contributed by atoms with Gasteiger partial charge in [0.1, 0.15) is 6.54 Å². The first-order valence-electron chi connectivity index (χ1n) is 7.84. The molecule has 2 aromatic rings. The number of aromatic nitrogens is 3. The average Bonchev–Trinajstić information content (AvgIpc) is 3.15. The van der Waals surface area contributed by atoms with Crippen LogP contribution in [0.2, 0.25) is 0 Å². The predicted octanol–water partition coefficient (Wildman–Crippen LogP) is 1.48. The quantitative estimate of drug-likeness (QED) is 0.838. The van der Waals surface area contributed by atoms with Crippen molar-refractivity contribution in [3.63, 3.8) is 0 Å². The zero-order valence-corrected chi connectivity index (χ0v) is 13.6. The maximum Gasteiger partial charge on any atom is 0.244 e. The molecule has 0 radical (unpaired) electrons. The van der Waals surface area contributed by atoms with Gasteiger partial charge in [-0.1, -0.05) is 0 Å². The van der Waals surface area contributed by atoms with Crippen molar-refractivity contribution in [2.75, 3.05) is 26.8 Å². The molecule has 6 heteroatoms. The Morgan fingerprint density at radius 2 is 2.09 bits per heavy atom. The van der Waals surface area contributed by atoms with Gasteiger partial charge in [0.05, 0.1) is 12.3 Å². The minimum absolute atomic E-state index is 0.103. The maximum absolute atomic E-state index is 12.6. The minimum Gasteiger partial charge on any atom is -0.384 e. The van der Waals surface area contributed by atoms with E-state index in [2.05, 4.69) is 10.1 Å². The third-order valence-electron chi connectivity index (χ3n) is 4.38. The fourth-order valence-electron chi connectivity index (χ4n) is 3.24. The molecule has 1 aliphatic heterocycles. The fraction of sp³-hybridized carbons (Fsp3) is 0.471. The number of pyridine rings is 1. The Morgan fingerprint density at radius 3 is 2.74 bits per heavy atom. The number of hydrogen-bond acceptors (Lipinski definition) is 4. The molecule has 0 unspecified atom stereocenters. The fourth-order valence-corrected chi connectivity index (χ4v) is 3.24. The number of rotatable bonds is 5. The lowest BCUT2D eigenvalue weighted by Crippen LogP contribution is -2.32. The van der Waals surface area contributed by atoms with Crippen LogP contribution in [-0.4, -0.2) is 52.4 Å². The van der Waals surface area contributed by atoms with Gasteiger partial charge in [-0.3, -0.25) is 14.5 Å². The second-order valence-electron chi connectivity index (χ2n) is 6.06. The van der Waals surface area contributed by atoms with E-state index in [1.54, 1.807) is 24.2 Å². The summed E-state index contributed by atoms with van der Waals surface area (Å²) < 4.78 is 7.05. The summed E-state index contributed by atoms with van der Waals surface area (Å²) in [6.45, 7) is 4.30. The molecule has 23 heavy (non-hydrogen) atoms. The highest BCUT2D eigenvalue weighted by molar-refractivity contribution is 5.76. The van der Waals surface area contributed by atoms with Crippen LogP contribution in [0.4, 0.5) is 0 Å². The van der Waals surface area contributed by atoms with Crippen molar-refractivity contribution in [3.05, 3.63) is 48.0 Å². The predicted molar refractivity (Wildman–Crippen MR) is 85.9 cm³/mol. The van der Waals surface area contributed by atoms with Gasteiger partial charge in [-0.2, -0.15) is 5.10 Å². The first-order valence-corrected chi connectivity index (χ1v) is 7.84. The highest BCUT2D eigenvalue weighted by atomic mass is 16.5. The number of aryl methyl sites for hydroxylation is 1. The van der Waals surface area contributed by atoms with Gasteiger partial charge in [0, 0.05) is 50.6 Å². The summed E-state index contributed by atoms with van der Waals surface area (Å²) in [7, 11) is 1.71. The van der Waals surface area contributed by atoms with Crippen LogP contribution in [-0.2, 0) is 16.1 Å². The van der Waals surface area contributed by atoms with Crippen molar-refractivity contribution in [2.45, 2.75) is 19.4 Å². The number of methoxy groups -OCH3 is 1. The Labute approximate surface area is 136 Å². The van der Waals surface area contributed by atoms with Gasteiger partial charge in [-0.25, -0.2) is 0 Å². The van der Waals surface area contributed by atoms with E-state index in [9.17, 15) is 4.79 Å². The first-order chi connectivity index (χ1) is 11.2. The van der Waals surface area contributed by atoms with Gasteiger partial charge in [-0.05, 0) is 30.7 Å². The molecule has 2 aromatic heterocycles. The molecule has 0 bridgehead atoms. The number of hydrogen-bond donors (Lipinski definition) is 0. The Kier molecular flexibility index (Phi) is 4.71. The van der Waals surface area contributed by atoms with Crippen LogP contribution in [0.25, 0.3) is 0 Å². The highest BCUT2D eigenvalue weighted by Gasteiger charge is 2.36. The molecule has 2 atom stereocenters. The second kappa shape index (κ2) is 6.91. The monoisotopic (exact) mass is 314 g/mol. The molecule has 3 heterocycles. The van der Waals surface area contributed by atoms with Crippen LogP contribution in [0.3, 0.4) is 0 Å². The van der Waals surface area contributed by atoms with Gasteiger partial charge >= 0.3 is 0 Å². The van der Waals surface area contributed by atoms with Crippen molar-refractivity contribution in [3.8, 4) is 0 Å². The first kappa shape index (κ1) is 15.7. The van der Waals surface area contributed by atoms with E-state index in [4.69, 9.17) is 4.74 Å². The Morgan fingerprint density at radius 1 is 1.30 bits per heavy atom. The average molecular weight is 314 g/mol. The van der Waals surface area contributed by atoms with E-state index in [1.807, 2.05) is 36.2 Å². The topological polar surface area (TPSA) is 60.2 Å². The van der Waals surface area contributed by atoms with E-state index >= 15 is 0 Å². The van der Waals surface area contributed by atoms with Crippen LogP contribution >= 0.6 is 0 Å². The molecular formula is C17H22N4O2. The summed E-state index contributed by atoms with van der Waals surface area (Å²) in [6, 6.07) is 5.96. The molecule has 6 nitrogen and oxygen atoms in total. The number of ether oxygens (including phenoxy) is 1. The van der Waals surface area contributed by atoms with Crippen molar-refractivity contribution in [2.24, 2.45) is 5.92 Å². The normalized spacial score (nSPS) is 20.9. The van der Waals surface area contributed by atoms with Crippen LogP contribution < -0.4 is 0 Å². The molecule has 0 spiro atoms. The van der Waals surface area contributed by atoms with Crippen LogP contribution in [0.1, 0.15) is 17.2 Å². The van der Waals surface area contributed by atoms with E-state index < -0.39 is 0 Å². The molecule has 1 aliphatic rings. The summed E-state index contributed by atoms with van der Waals surface area (Å²) in [5, 5.41) is 4.29. The maximum atomic E-state index is 12.6. The SMILES string of the molecule is COC[C@@H]1CN(C(=O)Cn2ccc(C)n2)C[C@H]1c1ccncc1. The Bertz CT molecular complexity index is 656. The van der Waals surface area contributed by atoms with Crippen molar-refractivity contribution >= 4 is 5.91 Å². The number of carbonyl (C=O) groups excluding carboxylic acids is 1. The number of carbonyl (C=O) groups is 1. The molecule has 1 amide bonds. The summed E-state index contributed by atoms with van der Waals surface area (Å²) >= 11 is 0. The van der Waals surface area contributed by atoms with Crippen molar-refractivity contribution in [1.29, 1.82) is 0 Å². The standard InChI is InChI=1S/C17H22N4O2/c1-13-5-8-21(19-13)11-17(22)20-9-15(12-23-2)16(10-20)14-3-6-18-7-4-14/h3-8,15-16H,9-12H2,1-2H3/t15-,16-/m0/s1. The van der Waals surface area contributed by atoms with Gasteiger partial charge in [0.15, 0.2) is 0 Å². The Hall–Kier alpha value is -2.21. The highest BCUT2D eigenvalue weighted by Crippen LogP contribution is 2.32. The zero-order valence-electron chi connectivity index (χ0n) is 13.6. The number of likely N-dealkylation sites (tertiary alicyclic amines) is 1. The molecule has 1 fully saturated rings. The zero-order chi connectivity index (χ0) is 16.2. The van der Waals surface area contributed by atoms with E-state index in [-0.39, 0.29) is 12.5 Å². The lowest BCUT2D eigenvalue weighted by molar-refractivity contribution is -0.131. The van der Waals surface area contributed by atoms with Gasteiger partial charge in [0.2, 0.25) is 5.91 Å². The summed E-state index contributed by atoms with van der Waals surface area (Å²) in [5.74, 6) is 0.706. The largest absolute Gasteiger partial charge is 0.384 e. The molecule has 3 rings (SSSR count). The Balaban J connectivity index is 1.70. The number of nitrogens with zero attached hydrogens (tertiary/aromatic N) is 4. The second-order valence-corrected chi connectivity index (χ2v) is 6.06. The lowest BCUT2D eigenvalue weighted by atomic mass is 9.90. The summed E-state index contributed by atoms with van der Waals surface area (Å²) in [4.78, 5) is 18.6. The molecule has 0 aromatic carbocycles. The van der Waals surface area contributed by atoms with Gasteiger partial charge < -0.3 is 9.64 Å². The van der Waals surface area contributed by atoms with E-state index in [0.717, 1.165) is 18.8 Å². The molecule has 1 saturated heterocycles. The van der Waals surface area contributed by atoms with E-state index in [0.29, 0.717) is 18.4 Å². The molecule has 122 valence electrons. The molecule has 0 N–H and O–H groups in total. The third kappa shape index (κ3) is 3.59. The van der Waals surface area contributed by atoms with Crippen LogP contribution in [0, 0.1) is 12.8 Å². The van der Waals surface area contributed by atoms with Crippen molar-refractivity contribution < 1.29 is 9.53 Å². The molecule has 0 aliphatic carbocycles. The van der Waals surface area contributed by atoms with Crippen LogP contribution in [0.15, 0.2) is 36.8 Å². The van der Waals surface area contributed by atoms with Gasteiger partial charge in [-0.15, -0.1) is 0 Å². The molecule has 0 saturated carbocycles. The lowest BCUT2D eigenvalue weighted by Gasteiger charge is -2.17. The smallest absolute Gasteiger partial charge is 0.244 e. The third-order valence-corrected chi connectivity index (χ3v) is 4.38. The minimum atomic E-state index is 0.103. The van der Waals surface area contributed by atoms with E-state index in [1.165, 1.54) is 5.56 Å².